The van der Waals surface area contributed by atoms with Crippen molar-refractivity contribution in [3.05, 3.63) is 42.5 Å². The first-order chi connectivity index (χ1) is 10.4. The van der Waals surface area contributed by atoms with Crippen molar-refractivity contribution >= 4 is 21.8 Å². The summed E-state index contributed by atoms with van der Waals surface area (Å²) in [4.78, 5) is 24.1. The Bertz CT molecular complexity index is 695. The number of rotatable bonds is 5. The number of carbonyl (C=O) groups is 2. The third-order valence-electron chi connectivity index (χ3n) is 3.46. The first-order valence-corrected chi connectivity index (χ1v) is 8.34. The summed E-state index contributed by atoms with van der Waals surface area (Å²) in [5, 5.41) is 2.54. The predicted molar refractivity (Wildman–Crippen MR) is 81.4 cm³/mol. The van der Waals surface area contributed by atoms with E-state index in [4.69, 9.17) is 0 Å². The molecular formula is C15H18N2O4S. The summed E-state index contributed by atoms with van der Waals surface area (Å²) >= 11 is 0. The Morgan fingerprint density at radius 2 is 2.05 bits per heavy atom. The standard InChI is InChI=1S/C15H18N2O4S/c1-3-10-16-15(19)13-8-9-14(18)17(13)22(20,21)12-6-4-11(2)5-7-12/h3-7,13H,1,8-10H2,2H3,(H,16,19)/t13-/m0/s1. The number of amides is 2. The highest BCUT2D eigenvalue weighted by Crippen LogP contribution is 2.27. The Kier molecular flexibility index (Phi) is 4.65. The summed E-state index contributed by atoms with van der Waals surface area (Å²) in [6.07, 6.45) is 1.72. The number of hydrogen-bond acceptors (Lipinski definition) is 4. The summed E-state index contributed by atoms with van der Waals surface area (Å²) < 4.78 is 26.0. The van der Waals surface area contributed by atoms with Crippen LogP contribution in [0.3, 0.4) is 0 Å². The van der Waals surface area contributed by atoms with Crippen molar-refractivity contribution in [3.8, 4) is 0 Å². The van der Waals surface area contributed by atoms with Crippen LogP contribution < -0.4 is 5.32 Å². The van der Waals surface area contributed by atoms with E-state index >= 15 is 0 Å². The molecule has 2 rings (SSSR count). The van der Waals surface area contributed by atoms with Gasteiger partial charge in [-0.05, 0) is 25.5 Å². The molecule has 1 aliphatic heterocycles. The van der Waals surface area contributed by atoms with Gasteiger partial charge in [0.2, 0.25) is 11.8 Å². The van der Waals surface area contributed by atoms with Gasteiger partial charge in [-0.25, -0.2) is 12.7 Å². The smallest absolute Gasteiger partial charge is 0.267 e. The number of benzene rings is 1. The Morgan fingerprint density at radius 1 is 1.41 bits per heavy atom. The largest absolute Gasteiger partial charge is 0.351 e. The molecule has 1 aromatic carbocycles. The van der Waals surface area contributed by atoms with Crippen LogP contribution >= 0.6 is 0 Å². The molecule has 0 saturated carbocycles. The van der Waals surface area contributed by atoms with Gasteiger partial charge < -0.3 is 5.32 Å². The number of aryl methyl sites for hydroxylation is 1. The fourth-order valence-corrected chi connectivity index (χ4v) is 3.92. The topological polar surface area (TPSA) is 83.6 Å². The Balaban J connectivity index is 2.34. The molecule has 1 saturated heterocycles. The number of nitrogens with one attached hydrogen (secondary N) is 1. The van der Waals surface area contributed by atoms with Gasteiger partial charge in [0.05, 0.1) is 4.90 Å². The highest BCUT2D eigenvalue weighted by molar-refractivity contribution is 7.89. The maximum Gasteiger partial charge on any atom is 0.267 e. The lowest BCUT2D eigenvalue weighted by Gasteiger charge is -2.23. The van der Waals surface area contributed by atoms with Crippen LogP contribution in [0.5, 0.6) is 0 Å². The van der Waals surface area contributed by atoms with E-state index in [0.717, 1.165) is 5.56 Å². The quantitative estimate of drug-likeness (QED) is 0.819. The van der Waals surface area contributed by atoms with E-state index < -0.39 is 27.9 Å². The molecule has 7 heteroatoms. The molecule has 0 radical (unpaired) electrons. The second-order valence-electron chi connectivity index (χ2n) is 5.10. The van der Waals surface area contributed by atoms with E-state index in [1.807, 2.05) is 6.92 Å². The van der Waals surface area contributed by atoms with Crippen molar-refractivity contribution in [1.82, 2.24) is 9.62 Å². The molecular weight excluding hydrogens is 304 g/mol. The molecule has 2 amide bonds. The molecule has 118 valence electrons. The summed E-state index contributed by atoms with van der Waals surface area (Å²) in [7, 11) is -4.03. The van der Waals surface area contributed by atoms with Crippen LogP contribution in [-0.4, -0.2) is 37.1 Å². The number of sulfonamides is 1. The lowest BCUT2D eigenvalue weighted by Crippen LogP contribution is -2.47. The fraction of sp³-hybridized carbons (Fsp3) is 0.333. The van der Waals surface area contributed by atoms with Crippen molar-refractivity contribution in [3.63, 3.8) is 0 Å². The van der Waals surface area contributed by atoms with Gasteiger partial charge in [-0.3, -0.25) is 9.59 Å². The molecule has 1 fully saturated rings. The minimum absolute atomic E-state index is 0.00914. The zero-order valence-corrected chi connectivity index (χ0v) is 13.1. The van der Waals surface area contributed by atoms with E-state index in [2.05, 4.69) is 11.9 Å². The van der Waals surface area contributed by atoms with Crippen LogP contribution in [0.25, 0.3) is 0 Å². The van der Waals surface area contributed by atoms with Crippen LogP contribution in [-0.2, 0) is 19.6 Å². The molecule has 1 aliphatic rings. The van der Waals surface area contributed by atoms with E-state index in [1.165, 1.54) is 18.2 Å². The first kappa shape index (κ1) is 16.2. The Morgan fingerprint density at radius 3 is 2.64 bits per heavy atom. The van der Waals surface area contributed by atoms with Gasteiger partial charge in [-0.15, -0.1) is 6.58 Å². The third-order valence-corrected chi connectivity index (χ3v) is 5.31. The number of nitrogens with zero attached hydrogens (tertiary/aromatic N) is 1. The minimum Gasteiger partial charge on any atom is -0.351 e. The van der Waals surface area contributed by atoms with Gasteiger partial charge >= 0.3 is 0 Å². The van der Waals surface area contributed by atoms with Crippen LogP contribution in [0, 0.1) is 6.92 Å². The molecule has 1 aromatic rings. The van der Waals surface area contributed by atoms with Crippen molar-refractivity contribution < 1.29 is 18.0 Å². The zero-order valence-electron chi connectivity index (χ0n) is 12.3. The SMILES string of the molecule is C=CCNC(=O)[C@@H]1CCC(=O)N1S(=O)(=O)c1ccc(C)cc1. The summed E-state index contributed by atoms with van der Waals surface area (Å²) in [5.41, 5.74) is 0.909. The molecule has 0 aliphatic carbocycles. The lowest BCUT2D eigenvalue weighted by atomic mass is 10.2. The lowest BCUT2D eigenvalue weighted by molar-refractivity contribution is -0.130. The molecule has 0 aromatic heterocycles. The van der Waals surface area contributed by atoms with E-state index in [-0.39, 0.29) is 24.3 Å². The van der Waals surface area contributed by atoms with Crippen LogP contribution in [0.15, 0.2) is 41.8 Å². The molecule has 1 atom stereocenters. The van der Waals surface area contributed by atoms with Crippen LogP contribution in [0.1, 0.15) is 18.4 Å². The molecule has 22 heavy (non-hydrogen) atoms. The van der Waals surface area contributed by atoms with Gasteiger partial charge in [0.1, 0.15) is 6.04 Å². The molecule has 0 spiro atoms. The molecule has 1 N–H and O–H groups in total. The maximum absolute atomic E-state index is 12.6. The summed E-state index contributed by atoms with van der Waals surface area (Å²) in [6, 6.07) is 5.18. The van der Waals surface area contributed by atoms with Crippen LogP contribution in [0.2, 0.25) is 0 Å². The average molecular weight is 322 g/mol. The highest BCUT2D eigenvalue weighted by atomic mass is 32.2. The highest BCUT2D eigenvalue weighted by Gasteiger charge is 2.43. The second kappa shape index (κ2) is 6.31. The van der Waals surface area contributed by atoms with Gasteiger partial charge in [-0.1, -0.05) is 23.8 Å². The molecule has 0 unspecified atom stereocenters. The Hall–Kier alpha value is -2.15. The normalized spacial score (nSPS) is 18.3. The Labute approximate surface area is 129 Å². The number of carbonyl (C=O) groups excluding carboxylic acids is 2. The van der Waals surface area contributed by atoms with Crippen molar-refractivity contribution in [2.24, 2.45) is 0 Å². The zero-order chi connectivity index (χ0) is 16.3. The van der Waals surface area contributed by atoms with Crippen LogP contribution in [0.4, 0.5) is 0 Å². The van der Waals surface area contributed by atoms with Gasteiger partial charge in [-0.2, -0.15) is 0 Å². The molecule has 0 bridgehead atoms. The van der Waals surface area contributed by atoms with Gasteiger partial charge in [0.25, 0.3) is 10.0 Å². The summed E-state index contributed by atoms with van der Waals surface area (Å²) in [6.45, 7) is 5.54. The van der Waals surface area contributed by atoms with E-state index in [0.29, 0.717) is 4.31 Å². The van der Waals surface area contributed by atoms with E-state index in [1.54, 1.807) is 12.1 Å². The van der Waals surface area contributed by atoms with Gasteiger partial charge in [0, 0.05) is 13.0 Å². The third kappa shape index (κ3) is 3.04. The summed E-state index contributed by atoms with van der Waals surface area (Å²) in [5.74, 6) is -1.04. The average Bonchev–Trinajstić information content (AvgIpc) is 2.88. The number of hydrogen-bond donors (Lipinski definition) is 1. The van der Waals surface area contributed by atoms with E-state index in [9.17, 15) is 18.0 Å². The van der Waals surface area contributed by atoms with Crippen molar-refractivity contribution in [2.75, 3.05) is 6.54 Å². The second-order valence-corrected chi connectivity index (χ2v) is 6.91. The molecule has 1 heterocycles. The minimum atomic E-state index is -4.03. The predicted octanol–water partition coefficient (Wildman–Crippen LogP) is 0.977. The van der Waals surface area contributed by atoms with Crippen molar-refractivity contribution in [2.45, 2.75) is 30.7 Å². The van der Waals surface area contributed by atoms with Crippen molar-refractivity contribution in [1.29, 1.82) is 0 Å². The maximum atomic E-state index is 12.6. The monoisotopic (exact) mass is 322 g/mol. The molecule has 6 nitrogen and oxygen atoms in total. The fourth-order valence-electron chi connectivity index (χ4n) is 2.31. The van der Waals surface area contributed by atoms with Gasteiger partial charge in [0.15, 0.2) is 0 Å². The first-order valence-electron chi connectivity index (χ1n) is 6.90.